The second-order valence-corrected chi connectivity index (χ2v) is 5.49. The third kappa shape index (κ3) is 7.70. The van der Waals surface area contributed by atoms with E-state index < -0.39 is 5.60 Å². The molecular weight excluding hydrogens is 246 g/mol. The Hall–Kier alpha value is -1.26. The summed E-state index contributed by atoms with van der Waals surface area (Å²) in [7, 11) is 0. The van der Waals surface area contributed by atoms with Gasteiger partial charge >= 0.3 is 12.1 Å². The maximum atomic E-state index is 12.1. The second-order valence-electron chi connectivity index (χ2n) is 5.49. The fourth-order valence-corrected chi connectivity index (χ4v) is 1.48. The van der Waals surface area contributed by atoms with Gasteiger partial charge in [0.2, 0.25) is 0 Å². The van der Waals surface area contributed by atoms with E-state index in [0.29, 0.717) is 13.2 Å². The number of esters is 1. The van der Waals surface area contributed by atoms with Crippen molar-refractivity contribution in [1.29, 1.82) is 0 Å². The van der Waals surface area contributed by atoms with Crippen molar-refractivity contribution in [1.82, 2.24) is 4.90 Å². The van der Waals surface area contributed by atoms with Crippen LogP contribution in [0.4, 0.5) is 4.79 Å². The second kappa shape index (κ2) is 8.02. The van der Waals surface area contributed by atoms with E-state index in [0.717, 1.165) is 6.42 Å². The molecule has 0 radical (unpaired) electrons. The molecule has 0 aromatic rings. The van der Waals surface area contributed by atoms with Gasteiger partial charge in [-0.1, -0.05) is 6.92 Å². The zero-order valence-electron chi connectivity index (χ0n) is 13.0. The van der Waals surface area contributed by atoms with Gasteiger partial charge in [-0.3, -0.25) is 4.79 Å². The Kier molecular flexibility index (Phi) is 7.49. The third-order valence-electron chi connectivity index (χ3n) is 2.61. The monoisotopic (exact) mass is 273 g/mol. The number of ether oxygens (including phenoxy) is 2. The van der Waals surface area contributed by atoms with Gasteiger partial charge in [-0.2, -0.15) is 0 Å². The van der Waals surface area contributed by atoms with Crippen LogP contribution in [0.15, 0.2) is 0 Å². The van der Waals surface area contributed by atoms with Crippen molar-refractivity contribution in [2.24, 2.45) is 0 Å². The van der Waals surface area contributed by atoms with E-state index in [9.17, 15) is 9.59 Å². The van der Waals surface area contributed by atoms with Crippen LogP contribution in [0, 0.1) is 0 Å². The van der Waals surface area contributed by atoms with Gasteiger partial charge in [-0.15, -0.1) is 0 Å². The molecule has 0 aliphatic carbocycles. The maximum Gasteiger partial charge on any atom is 0.410 e. The van der Waals surface area contributed by atoms with Gasteiger partial charge < -0.3 is 14.4 Å². The summed E-state index contributed by atoms with van der Waals surface area (Å²) >= 11 is 0. The van der Waals surface area contributed by atoms with Crippen molar-refractivity contribution in [3.05, 3.63) is 0 Å². The fourth-order valence-electron chi connectivity index (χ4n) is 1.48. The smallest absolute Gasteiger partial charge is 0.410 e. The number of amides is 1. The quantitative estimate of drug-likeness (QED) is 0.698. The first kappa shape index (κ1) is 17.7. The zero-order chi connectivity index (χ0) is 15.1. The Morgan fingerprint density at radius 1 is 1.21 bits per heavy atom. The van der Waals surface area contributed by atoms with Gasteiger partial charge in [0.15, 0.2) is 0 Å². The first-order valence-corrected chi connectivity index (χ1v) is 6.86. The summed E-state index contributed by atoms with van der Waals surface area (Å²) in [6, 6.07) is 0.0317. The molecule has 0 spiro atoms. The normalized spacial score (nSPS) is 12.7. The van der Waals surface area contributed by atoms with E-state index in [2.05, 4.69) is 0 Å². The average molecular weight is 273 g/mol. The molecule has 0 aromatic carbocycles. The van der Waals surface area contributed by atoms with E-state index >= 15 is 0 Å². The number of carbonyl (C=O) groups is 2. The maximum absolute atomic E-state index is 12.1. The first-order valence-electron chi connectivity index (χ1n) is 6.86. The average Bonchev–Trinajstić information content (AvgIpc) is 2.26. The summed E-state index contributed by atoms with van der Waals surface area (Å²) in [5.74, 6) is -0.292. The molecule has 19 heavy (non-hydrogen) atoms. The Morgan fingerprint density at radius 2 is 1.79 bits per heavy atom. The minimum Gasteiger partial charge on any atom is -0.466 e. The Morgan fingerprint density at radius 3 is 2.21 bits per heavy atom. The highest BCUT2D eigenvalue weighted by Crippen LogP contribution is 2.14. The van der Waals surface area contributed by atoms with Gasteiger partial charge in [-0.25, -0.2) is 4.79 Å². The molecule has 5 heteroatoms. The van der Waals surface area contributed by atoms with Crippen LogP contribution < -0.4 is 0 Å². The lowest BCUT2D eigenvalue weighted by Gasteiger charge is -2.31. The van der Waals surface area contributed by atoms with Crippen LogP contribution in [0.25, 0.3) is 0 Å². The SMILES string of the molecule is CCOC(=O)CCN(C(=O)OC(C)(C)C)C(C)CC. The number of carbonyl (C=O) groups excluding carboxylic acids is 2. The molecule has 1 unspecified atom stereocenters. The van der Waals surface area contributed by atoms with Crippen molar-refractivity contribution in [2.45, 2.75) is 66.0 Å². The van der Waals surface area contributed by atoms with Crippen LogP contribution in [0.3, 0.4) is 0 Å². The lowest BCUT2D eigenvalue weighted by atomic mass is 10.2. The highest BCUT2D eigenvalue weighted by Gasteiger charge is 2.25. The first-order chi connectivity index (χ1) is 8.71. The number of hydrogen-bond acceptors (Lipinski definition) is 4. The highest BCUT2D eigenvalue weighted by molar-refractivity contribution is 5.72. The van der Waals surface area contributed by atoms with Crippen LogP contribution in [0.2, 0.25) is 0 Å². The minimum absolute atomic E-state index is 0.0317. The molecule has 112 valence electrons. The van der Waals surface area contributed by atoms with E-state index in [1.807, 2.05) is 34.6 Å². The number of nitrogens with zero attached hydrogens (tertiary/aromatic N) is 1. The van der Waals surface area contributed by atoms with E-state index in [-0.39, 0.29) is 24.5 Å². The molecule has 0 aliphatic heterocycles. The standard InChI is InChI=1S/C14H27NO4/c1-7-11(3)15(10-9-12(16)18-8-2)13(17)19-14(4,5)6/h11H,7-10H2,1-6H3. The summed E-state index contributed by atoms with van der Waals surface area (Å²) in [5.41, 5.74) is -0.535. The molecule has 1 atom stereocenters. The summed E-state index contributed by atoms with van der Waals surface area (Å²) in [6.45, 7) is 11.8. The van der Waals surface area contributed by atoms with Crippen LogP contribution in [0.5, 0.6) is 0 Å². The number of hydrogen-bond donors (Lipinski definition) is 0. The van der Waals surface area contributed by atoms with Gasteiger partial charge in [-0.05, 0) is 41.0 Å². The molecule has 0 saturated carbocycles. The summed E-state index contributed by atoms with van der Waals surface area (Å²) in [6.07, 6.45) is 0.616. The molecule has 0 aliphatic rings. The van der Waals surface area contributed by atoms with Gasteiger partial charge in [0, 0.05) is 12.6 Å². The molecule has 0 fully saturated rings. The van der Waals surface area contributed by atoms with E-state index in [4.69, 9.17) is 9.47 Å². The van der Waals surface area contributed by atoms with Gasteiger partial charge in [0.1, 0.15) is 5.60 Å². The van der Waals surface area contributed by atoms with E-state index in [1.165, 1.54) is 0 Å². The predicted molar refractivity (Wildman–Crippen MR) is 73.9 cm³/mol. The number of rotatable bonds is 6. The molecular formula is C14H27NO4. The van der Waals surface area contributed by atoms with Gasteiger partial charge in [0.05, 0.1) is 13.0 Å². The molecule has 0 aromatic heterocycles. The molecule has 1 amide bonds. The summed E-state index contributed by atoms with van der Waals surface area (Å²) in [4.78, 5) is 25.0. The van der Waals surface area contributed by atoms with Crippen molar-refractivity contribution in [2.75, 3.05) is 13.2 Å². The lowest BCUT2D eigenvalue weighted by Crippen LogP contribution is -2.43. The molecule has 5 nitrogen and oxygen atoms in total. The summed E-state index contributed by atoms with van der Waals surface area (Å²) in [5, 5.41) is 0. The van der Waals surface area contributed by atoms with Crippen molar-refractivity contribution in [3.63, 3.8) is 0 Å². The lowest BCUT2D eigenvalue weighted by molar-refractivity contribution is -0.143. The highest BCUT2D eigenvalue weighted by atomic mass is 16.6. The molecule has 0 N–H and O–H groups in total. The van der Waals surface area contributed by atoms with Crippen molar-refractivity contribution in [3.8, 4) is 0 Å². The molecule has 0 rings (SSSR count). The Labute approximate surface area is 116 Å². The largest absolute Gasteiger partial charge is 0.466 e. The topological polar surface area (TPSA) is 55.8 Å². The molecule has 0 bridgehead atoms. The van der Waals surface area contributed by atoms with Gasteiger partial charge in [0.25, 0.3) is 0 Å². The molecule has 0 saturated heterocycles. The Bertz CT molecular complexity index is 296. The molecule has 0 heterocycles. The van der Waals surface area contributed by atoms with Crippen LogP contribution in [-0.2, 0) is 14.3 Å². The van der Waals surface area contributed by atoms with E-state index in [1.54, 1.807) is 11.8 Å². The Balaban J connectivity index is 4.55. The summed E-state index contributed by atoms with van der Waals surface area (Å²) < 4.78 is 10.2. The predicted octanol–water partition coefficient (Wildman–Crippen LogP) is 2.98. The van der Waals surface area contributed by atoms with Crippen LogP contribution in [-0.4, -0.2) is 41.8 Å². The van der Waals surface area contributed by atoms with Crippen LogP contribution >= 0.6 is 0 Å². The van der Waals surface area contributed by atoms with Crippen LogP contribution in [0.1, 0.15) is 54.4 Å². The zero-order valence-corrected chi connectivity index (χ0v) is 13.0. The van der Waals surface area contributed by atoms with Crippen molar-refractivity contribution >= 4 is 12.1 Å². The fraction of sp³-hybridized carbons (Fsp3) is 0.857. The minimum atomic E-state index is -0.535. The third-order valence-corrected chi connectivity index (χ3v) is 2.61. The van der Waals surface area contributed by atoms with Crippen molar-refractivity contribution < 1.29 is 19.1 Å².